The molecule has 20 heavy (non-hydrogen) atoms. The minimum atomic E-state index is 0.445. The summed E-state index contributed by atoms with van der Waals surface area (Å²) in [4.78, 5) is 4.73. The molecule has 0 aliphatic heterocycles. The number of aromatic hydroxyl groups is 1. The van der Waals surface area contributed by atoms with Gasteiger partial charge in [-0.05, 0) is 86.9 Å². The van der Waals surface area contributed by atoms with Crippen molar-refractivity contribution in [2.45, 2.75) is 33.7 Å². The number of hydrogen-bond donors (Lipinski definition) is 1. The summed E-state index contributed by atoms with van der Waals surface area (Å²) in [7, 11) is 2.12. The van der Waals surface area contributed by atoms with Crippen LogP contribution in [-0.4, -0.2) is 48.1 Å². The second-order valence-corrected chi connectivity index (χ2v) is 6.59. The summed E-state index contributed by atoms with van der Waals surface area (Å²) < 4.78 is 1.18. The zero-order chi connectivity index (χ0) is 15.1. The molecule has 0 radical (unpaired) electrons. The molecule has 1 aromatic carbocycles. The Balaban J connectivity index is 2.48. The van der Waals surface area contributed by atoms with Crippen LogP contribution in [0.3, 0.4) is 0 Å². The molecule has 0 aromatic heterocycles. The van der Waals surface area contributed by atoms with Gasteiger partial charge in [0.15, 0.2) is 0 Å². The summed E-state index contributed by atoms with van der Waals surface area (Å²) in [5.74, 6) is 0.445. The first kappa shape index (κ1) is 17.7. The quantitative estimate of drug-likeness (QED) is 0.689. The van der Waals surface area contributed by atoms with E-state index in [-0.39, 0.29) is 0 Å². The Kier molecular flexibility index (Phi) is 7.84. The predicted molar refractivity (Wildman–Crippen MR) is 94.3 cm³/mol. The molecule has 3 nitrogen and oxygen atoms in total. The molecule has 1 aromatic rings. The summed E-state index contributed by atoms with van der Waals surface area (Å²) in [6.07, 6.45) is 1.17. The van der Waals surface area contributed by atoms with E-state index in [0.717, 1.165) is 43.9 Å². The highest BCUT2D eigenvalue weighted by Gasteiger charge is 2.09. The van der Waals surface area contributed by atoms with Crippen molar-refractivity contribution in [2.75, 3.05) is 33.2 Å². The van der Waals surface area contributed by atoms with E-state index in [1.165, 1.54) is 9.99 Å². The van der Waals surface area contributed by atoms with Crippen molar-refractivity contribution in [3.05, 3.63) is 26.8 Å². The molecule has 0 bridgehead atoms. The highest BCUT2D eigenvalue weighted by atomic mass is 127. The maximum atomic E-state index is 10.1. The Bertz CT molecular complexity index is 419. The van der Waals surface area contributed by atoms with Gasteiger partial charge in [-0.3, -0.25) is 0 Å². The Hall–Kier alpha value is -0.330. The van der Waals surface area contributed by atoms with Crippen LogP contribution in [0.25, 0.3) is 0 Å². The molecule has 0 heterocycles. The summed E-state index contributed by atoms with van der Waals surface area (Å²) in [6.45, 7) is 11.6. The lowest BCUT2D eigenvalue weighted by atomic mass is 10.1. The highest BCUT2D eigenvalue weighted by Crippen LogP contribution is 2.25. The SMILES string of the molecule is CCN(CC)CCCN(C)Cc1cc(I)cc(C)c1O. The van der Waals surface area contributed by atoms with Crippen LogP contribution in [0.15, 0.2) is 12.1 Å². The number of phenolic OH excluding ortho intramolecular Hbond substituents is 1. The third-order valence-corrected chi connectivity index (χ3v) is 4.32. The third-order valence-electron chi connectivity index (χ3n) is 3.69. The van der Waals surface area contributed by atoms with Crippen molar-refractivity contribution >= 4 is 22.6 Å². The molecule has 0 spiro atoms. The van der Waals surface area contributed by atoms with Crippen molar-refractivity contribution < 1.29 is 5.11 Å². The van der Waals surface area contributed by atoms with Gasteiger partial charge in [-0.2, -0.15) is 0 Å². The van der Waals surface area contributed by atoms with Crippen LogP contribution in [0.2, 0.25) is 0 Å². The number of nitrogens with zero attached hydrogens (tertiary/aromatic N) is 2. The van der Waals surface area contributed by atoms with Crippen LogP contribution in [-0.2, 0) is 6.54 Å². The standard InChI is InChI=1S/C16H27IN2O/c1-5-19(6-2)9-7-8-18(4)12-14-11-15(17)10-13(3)16(14)20/h10-11,20H,5-9,12H2,1-4H3. The van der Waals surface area contributed by atoms with Crippen molar-refractivity contribution in [1.29, 1.82) is 0 Å². The van der Waals surface area contributed by atoms with Gasteiger partial charge in [0.1, 0.15) is 5.75 Å². The molecular formula is C16H27IN2O. The largest absolute Gasteiger partial charge is 0.507 e. The molecule has 1 rings (SSSR count). The number of benzene rings is 1. The van der Waals surface area contributed by atoms with Crippen LogP contribution in [0.4, 0.5) is 0 Å². The van der Waals surface area contributed by atoms with E-state index in [9.17, 15) is 5.11 Å². The lowest BCUT2D eigenvalue weighted by molar-refractivity contribution is 0.258. The van der Waals surface area contributed by atoms with Gasteiger partial charge < -0.3 is 14.9 Å². The monoisotopic (exact) mass is 390 g/mol. The number of phenols is 1. The van der Waals surface area contributed by atoms with E-state index in [1.54, 1.807) is 0 Å². The van der Waals surface area contributed by atoms with Crippen LogP contribution >= 0.6 is 22.6 Å². The van der Waals surface area contributed by atoms with E-state index >= 15 is 0 Å². The number of aryl methyl sites for hydroxylation is 1. The minimum Gasteiger partial charge on any atom is -0.507 e. The first-order chi connectivity index (χ1) is 9.47. The van der Waals surface area contributed by atoms with Crippen LogP contribution in [0.1, 0.15) is 31.4 Å². The van der Waals surface area contributed by atoms with Crippen molar-refractivity contribution in [2.24, 2.45) is 0 Å². The summed E-state index contributed by atoms with van der Waals surface area (Å²) in [5.41, 5.74) is 1.99. The Labute approximate surface area is 137 Å². The van der Waals surface area contributed by atoms with E-state index in [2.05, 4.69) is 59.4 Å². The fraction of sp³-hybridized carbons (Fsp3) is 0.625. The third kappa shape index (κ3) is 5.58. The lowest BCUT2D eigenvalue weighted by Gasteiger charge is -2.22. The van der Waals surface area contributed by atoms with Gasteiger partial charge in [0, 0.05) is 15.7 Å². The second kappa shape index (κ2) is 8.85. The van der Waals surface area contributed by atoms with Gasteiger partial charge in [0.25, 0.3) is 0 Å². The van der Waals surface area contributed by atoms with Crippen molar-refractivity contribution in [3.63, 3.8) is 0 Å². The van der Waals surface area contributed by atoms with Gasteiger partial charge in [-0.1, -0.05) is 13.8 Å². The highest BCUT2D eigenvalue weighted by molar-refractivity contribution is 14.1. The topological polar surface area (TPSA) is 26.7 Å². The van der Waals surface area contributed by atoms with Gasteiger partial charge in [0.05, 0.1) is 0 Å². The number of hydrogen-bond acceptors (Lipinski definition) is 3. The van der Waals surface area contributed by atoms with Crippen LogP contribution in [0, 0.1) is 10.5 Å². The molecule has 0 saturated carbocycles. The first-order valence-corrected chi connectivity index (χ1v) is 8.44. The second-order valence-electron chi connectivity index (χ2n) is 5.35. The van der Waals surface area contributed by atoms with Crippen LogP contribution in [0.5, 0.6) is 5.75 Å². The molecule has 4 heteroatoms. The van der Waals surface area contributed by atoms with Gasteiger partial charge in [-0.25, -0.2) is 0 Å². The molecule has 0 atom stereocenters. The molecular weight excluding hydrogens is 363 g/mol. The maximum Gasteiger partial charge on any atom is 0.123 e. The van der Waals surface area contributed by atoms with E-state index < -0.39 is 0 Å². The average Bonchev–Trinajstić information content (AvgIpc) is 2.40. The molecule has 0 aliphatic carbocycles. The zero-order valence-corrected chi connectivity index (χ0v) is 15.3. The molecule has 0 saturated heterocycles. The fourth-order valence-electron chi connectivity index (χ4n) is 2.40. The van der Waals surface area contributed by atoms with Gasteiger partial charge >= 0.3 is 0 Å². The molecule has 0 amide bonds. The van der Waals surface area contributed by atoms with Gasteiger partial charge in [0.2, 0.25) is 0 Å². The van der Waals surface area contributed by atoms with E-state index in [1.807, 2.05) is 13.0 Å². The fourth-order valence-corrected chi connectivity index (χ4v) is 3.24. The Morgan fingerprint density at radius 3 is 2.40 bits per heavy atom. The molecule has 1 N–H and O–H groups in total. The minimum absolute atomic E-state index is 0.445. The van der Waals surface area contributed by atoms with Crippen LogP contribution < -0.4 is 0 Å². The number of halogens is 1. The van der Waals surface area contributed by atoms with E-state index in [0.29, 0.717) is 5.75 Å². The van der Waals surface area contributed by atoms with Crippen molar-refractivity contribution in [3.8, 4) is 5.75 Å². The Morgan fingerprint density at radius 2 is 1.80 bits per heavy atom. The lowest BCUT2D eigenvalue weighted by Crippen LogP contribution is -2.28. The first-order valence-electron chi connectivity index (χ1n) is 7.36. The molecule has 0 aliphatic rings. The normalized spacial score (nSPS) is 11.6. The summed E-state index contributed by atoms with van der Waals surface area (Å²) in [5, 5.41) is 10.1. The molecule has 114 valence electrons. The van der Waals surface area contributed by atoms with Gasteiger partial charge in [-0.15, -0.1) is 0 Å². The zero-order valence-electron chi connectivity index (χ0n) is 13.1. The molecule has 0 fully saturated rings. The molecule has 0 unspecified atom stereocenters. The maximum absolute atomic E-state index is 10.1. The smallest absolute Gasteiger partial charge is 0.123 e. The average molecular weight is 390 g/mol. The predicted octanol–water partition coefficient (Wildman–Crippen LogP) is 3.47. The summed E-state index contributed by atoms with van der Waals surface area (Å²) >= 11 is 2.31. The Morgan fingerprint density at radius 1 is 1.15 bits per heavy atom. The number of rotatable bonds is 8. The summed E-state index contributed by atoms with van der Waals surface area (Å²) in [6, 6.07) is 4.09. The van der Waals surface area contributed by atoms with E-state index in [4.69, 9.17) is 0 Å². The van der Waals surface area contributed by atoms with Crippen molar-refractivity contribution in [1.82, 2.24) is 9.80 Å².